The number of hydrogen-bond donors (Lipinski definition) is 1. The zero-order valence-electron chi connectivity index (χ0n) is 8.92. The number of aliphatic hydroxyl groups is 1. The second-order valence-corrected chi connectivity index (χ2v) is 4.60. The molecule has 0 spiro atoms. The monoisotopic (exact) mass is 193 g/mol. The third-order valence-electron chi connectivity index (χ3n) is 3.32. The summed E-state index contributed by atoms with van der Waals surface area (Å²) in [6.07, 6.45) is 5.30. The minimum absolute atomic E-state index is 0.438. The molecule has 78 valence electrons. The Kier molecular flexibility index (Phi) is 2.80. The highest BCUT2D eigenvalue weighted by Crippen LogP contribution is 2.34. The highest BCUT2D eigenvalue weighted by molar-refractivity contribution is 5.01. The Bertz CT molecular complexity index is 261. The first-order chi connectivity index (χ1) is 6.73. The van der Waals surface area contributed by atoms with Gasteiger partial charge in [0.2, 0.25) is 0 Å². The van der Waals surface area contributed by atoms with Gasteiger partial charge in [0.1, 0.15) is 0 Å². The minimum atomic E-state index is -0.438. The largest absolute Gasteiger partial charge is 0.388 e. The van der Waals surface area contributed by atoms with Crippen LogP contribution in [0, 0.1) is 11.8 Å². The summed E-state index contributed by atoms with van der Waals surface area (Å²) in [6, 6.07) is 0.793. The van der Waals surface area contributed by atoms with E-state index in [0.29, 0.717) is 0 Å². The van der Waals surface area contributed by atoms with Gasteiger partial charge in [0.25, 0.3) is 0 Å². The number of rotatable bonds is 3. The predicted octanol–water partition coefficient (Wildman–Crippen LogP) is 1.39. The van der Waals surface area contributed by atoms with Gasteiger partial charge in [-0.05, 0) is 32.6 Å². The van der Waals surface area contributed by atoms with Crippen molar-refractivity contribution in [3.8, 4) is 11.8 Å². The molecule has 1 saturated carbocycles. The van der Waals surface area contributed by atoms with Crippen LogP contribution in [0.3, 0.4) is 0 Å². The first-order valence-electron chi connectivity index (χ1n) is 5.59. The van der Waals surface area contributed by atoms with Crippen molar-refractivity contribution < 1.29 is 5.11 Å². The van der Waals surface area contributed by atoms with Gasteiger partial charge in [-0.15, -0.1) is 11.8 Å². The maximum absolute atomic E-state index is 10.3. The van der Waals surface area contributed by atoms with Crippen molar-refractivity contribution in [3.63, 3.8) is 0 Å². The molecule has 0 aromatic carbocycles. The van der Waals surface area contributed by atoms with Crippen LogP contribution in [0.4, 0.5) is 0 Å². The van der Waals surface area contributed by atoms with Crippen LogP contribution in [0.25, 0.3) is 0 Å². The van der Waals surface area contributed by atoms with Gasteiger partial charge in [-0.1, -0.05) is 0 Å². The van der Waals surface area contributed by atoms with Gasteiger partial charge in [-0.2, -0.15) is 0 Å². The summed E-state index contributed by atoms with van der Waals surface area (Å²) < 4.78 is 0. The third kappa shape index (κ3) is 2.29. The van der Waals surface area contributed by atoms with Crippen molar-refractivity contribution in [2.24, 2.45) is 0 Å². The molecule has 1 atom stereocenters. The Labute approximate surface area is 86.3 Å². The molecule has 1 aliphatic heterocycles. The van der Waals surface area contributed by atoms with E-state index in [0.717, 1.165) is 38.4 Å². The molecule has 2 heteroatoms. The van der Waals surface area contributed by atoms with Gasteiger partial charge >= 0.3 is 0 Å². The molecular formula is C12H19NO. The molecule has 1 unspecified atom stereocenters. The van der Waals surface area contributed by atoms with Gasteiger partial charge in [0.05, 0.1) is 5.60 Å². The van der Waals surface area contributed by atoms with Crippen molar-refractivity contribution in [1.82, 2.24) is 4.90 Å². The molecule has 2 aliphatic rings. The second-order valence-electron chi connectivity index (χ2n) is 4.60. The lowest BCUT2D eigenvalue weighted by Gasteiger charge is -2.22. The quantitative estimate of drug-likeness (QED) is 0.685. The van der Waals surface area contributed by atoms with Crippen LogP contribution < -0.4 is 0 Å². The second kappa shape index (κ2) is 3.92. The first kappa shape index (κ1) is 10.0. The SMILES string of the molecule is CC#CCCC1(O)CCN(C2CC2)C1. The summed E-state index contributed by atoms with van der Waals surface area (Å²) in [7, 11) is 0. The Morgan fingerprint density at radius 2 is 2.29 bits per heavy atom. The van der Waals surface area contributed by atoms with Crippen LogP contribution in [0.5, 0.6) is 0 Å². The molecule has 2 nitrogen and oxygen atoms in total. The van der Waals surface area contributed by atoms with Gasteiger partial charge in [-0.25, -0.2) is 0 Å². The van der Waals surface area contributed by atoms with Crippen molar-refractivity contribution in [2.45, 2.75) is 50.7 Å². The molecule has 2 fully saturated rings. The number of nitrogens with zero attached hydrogens (tertiary/aromatic N) is 1. The fraction of sp³-hybridized carbons (Fsp3) is 0.833. The lowest BCUT2D eigenvalue weighted by Crippen LogP contribution is -2.33. The van der Waals surface area contributed by atoms with Crippen LogP contribution >= 0.6 is 0 Å². The van der Waals surface area contributed by atoms with Gasteiger partial charge in [0.15, 0.2) is 0 Å². The number of hydrogen-bond acceptors (Lipinski definition) is 2. The molecule has 1 heterocycles. The Morgan fingerprint density at radius 3 is 2.93 bits per heavy atom. The molecule has 1 N–H and O–H groups in total. The molecule has 0 radical (unpaired) electrons. The zero-order chi connectivity index (χ0) is 10.0. The van der Waals surface area contributed by atoms with Crippen molar-refractivity contribution in [1.29, 1.82) is 0 Å². The van der Waals surface area contributed by atoms with E-state index in [9.17, 15) is 5.11 Å². The fourth-order valence-electron chi connectivity index (χ4n) is 2.26. The smallest absolute Gasteiger partial charge is 0.0795 e. The summed E-state index contributed by atoms with van der Waals surface area (Å²) in [6.45, 7) is 3.82. The number of β-amino-alcohol motifs (C(OH)–C–C–N with tert-alkyl or cyclic N) is 1. The van der Waals surface area contributed by atoms with E-state index in [1.807, 2.05) is 6.92 Å². The van der Waals surface area contributed by atoms with Crippen molar-refractivity contribution >= 4 is 0 Å². The van der Waals surface area contributed by atoms with Crippen molar-refractivity contribution in [3.05, 3.63) is 0 Å². The molecule has 2 rings (SSSR count). The molecule has 0 aromatic rings. The summed E-state index contributed by atoms with van der Waals surface area (Å²) in [4.78, 5) is 2.44. The van der Waals surface area contributed by atoms with Gasteiger partial charge < -0.3 is 5.11 Å². The summed E-state index contributed by atoms with van der Waals surface area (Å²) in [5.74, 6) is 5.91. The van der Waals surface area contributed by atoms with Gasteiger partial charge in [0, 0.05) is 25.6 Å². The van der Waals surface area contributed by atoms with E-state index in [-0.39, 0.29) is 0 Å². The van der Waals surface area contributed by atoms with Gasteiger partial charge in [-0.3, -0.25) is 4.90 Å². The van der Waals surface area contributed by atoms with E-state index in [1.165, 1.54) is 12.8 Å². The lowest BCUT2D eigenvalue weighted by molar-refractivity contribution is 0.0412. The van der Waals surface area contributed by atoms with E-state index in [2.05, 4.69) is 16.7 Å². The zero-order valence-corrected chi connectivity index (χ0v) is 8.92. The minimum Gasteiger partial charge on any atom is -0.388 e. The summed E-state index contributed by atoms with van der Waals surface area (Å²) in [5, 5.41) is 10.3. The Morgan fingerprint density at radius 1 is 1.50 bits per heavy atom. The lowest BCUT2D eigenvalue weighted by atomic mass is 9.97. The topological polar surface area (TPSA) is 23.5 Å². The maximum Gasteiger partial charge on any atom is 0.0795 e. The molecule has 0 amide bonds. The third-order valence-corrected chi connectivity index (χ3v) is 3.32. The Balaban J connectivity index is 1.80. The van der Waals surface area contributed by atoms with E-state index in [1.54, 1.807) is 0 Å². The molecule has 0 aromatic heterocycles. The molecule has 1 aliphatic carbocycles. The maximum atomic E-state index is 10.3. The van der Waals surface area contributed by atoms with Crippen LogP contribution in [0.15, 0.2) is 0 Å². The first-order valence-corrected chi connectivity index (χ1v) is 5.59. The molecular weight excluding hydrogens is 174 g/mol. The van der Waals surface area contributed by atoms with Crippen LogP contribution in [-0.2, 0) is 0 Å². The van der Waals surface area contributed by atoms with E-state index >= 15 is 0 Å². The number of likely N-dealkylation sites (tertiary alicyclic amines) is 1. The summed E-state index contributed by atoms with van der Waals surface area (Å²) in [5.41, 5.74) is -0.438. The van der Waals surface area contributed by atoms with E-state index < -0.39 is 5.60 Å². The standard InChI is InChI=1S/C12H19NO/c1-2-3-4-7-12(14)8-9-13(10-12)11-5-6-11/h11,14H,4-10H2,1H3. The highest BCUT2D eigenvalue weighted by Gasteiger charge is 2.41. The Hall–Kier alpha value is -0.520. The fourth-order valence-corrected chi connectivity index (χ4v) is 2.26. The molecule has 1 saturated heterocycles. The summed E-state index contributed by atoms with van der Waals surface area (Å²) >= 11 is 0. The molecule has 14 heavy (non-hydrogen) atoms. The van der Waals surface area contributed by atoms with Crippen LogP contribution in [-0.4, -0.2) is 34.7 Å². The van der Waals surface area contributed by atoms with Crippen molar-refractivity contribution in [2.75, 3.05) is 13.1 Å². The highest BCUT2D eigenvalue weighted by atomic mass is 16.3. The van der Waals surface area contributed by atoms with E-state index in [4.69, 9.17) is 0 Å². The molecule has 0 bridgehead atoms. The van der Waals surface area contributed by atoms with Crippen LogP contribution in [0.2, 0.25) is 0 Å². The average molecular weight is 193 g/mol. The average Bonchev–Trinajstić information content (AvgIpc) is 2.92. The normalized spacial score (nSPS) is 32.7. The predicted molar refractivity (Wildman–Crippen MR) is 56.8 cm³/mol. The van der Waals surface area contributed by atoms with Crippen LogP contribution in [0.1, 0.15) is 39.0 Å².